The van der Waals surface area contributed by atoms with Crippen LogP contribution in [0.5, 0.6) is 0 Å². The number of halogens is 1. The average molecular weight is 350 g/mol. The monoisotopic (exact) mass is 349 g/mol. The van der Waals surface area contributed by atoms with Gasteiger partial charge in [0.25, 0.3) is 5.91 Å². The molecule has 0 bridgehead atoms. The maximum Gasteiger partial charge on any atom is 0.281 e. The molecule has 0 unspecified atom stereocenters. The topological polar surface area (TPSA) is 70.6 Å². The number of nitrogens with one attached hydrogen (secondary N) is 2. The van der Waals surface area contributed by atoms with Crippen molar-refractivity contribution >= 4 is 46.2 Å². The molecule has 0 aliphatic heterocycles. The second-order valence-corrected chi connectivity index (χ2v) is 6.31. The van der Waals surface area contributed by atoms with Crippen LogP contribution in [0.1, 0.15) is 28.6 Å². The first-order chi connectivity index (χ1) is 11.0. The zero-order valence-electron chi connectivity index (χ0n) is 12.7. The first-order valence-corrected chi connectivity index (χ1v) is 8.14. The Labute approximate surface area is 143 Å². The Bertz CT molecular complexity index is 742. The lowest BCUT2D eigenvalue weighted by molar-refractivity contribution is -0.115. The summed E-state index contributed by atoms with van der Waals surface area (Å²) in [6, 6.07) is 8.80. The molecule has 0 saturated carbocycles. The van der Waals surface area contributed by atoms with Crippen LogP contribution in [0.15, 0.2) is 40.8 Å². The number of thiophene rings is 1. The van der Waals surface area contributed by atoms with E-state index in [0.717, 1.165) is 5.56 Å². The van der Waals surface area contributed by atoms with E-state index < -0.39 is 0 Å². The molecule has 0 spiro atoms. The predicted octanol–water partition coefficient (Wildman–Crippen LogP) is 3.84. The van der Waals surface area contributed by atoms with Gasteiger partial charge in [-0.1, -0.05) is 23.7 Å². The van der Waals surface area contributed by atoms with E-state index in [1.54, 1.807) is 31.2 Å². The lowest BCUT2D eigenvalue weighted by Gasteiger charge is -2.07. The third kappa shape index (κ3) is 5.19. The Hall–Kier alpha value is -2.18. The number of benzene rings is 1. The van der Waals surface area contributed by atoms with Gasteiger partial charge in [0.05, 0.1) is 11.3 Å². The summed E-state index contributed by atoms with van der Waals surface area (Å²) in [5.41, 5.74) is 4.50. The fourth-order valence-corrected chi connectivity index (χ4v) is 2.55. The van der Waals surface area contributed by atoms with Crippen LogP contribution in [0.4, 0.5) is 5.69 Å². The second kappa shape index (κ2) is 7.89. The normalized spacial score (nSPS) is 11.2. The SMILES string of the molecule is C/C(CC(=O)Nc1ccc(C)c(Cl)c1)=N/NC(=O)c1cccs1. The Morgan fingerprint density at radius 3 is 2.74 bits per heavy atom. The number of nitrogens with zero attached hydrogens (tertiary/aromatic N) is 1. The van der Waals surface area contributed by atoms with Gasteiger partial charge >= 0.3 is 0 Å². The van der Waals surface area contributed by atoms with Crippen molar-refractivity contribution in [3.63, 3.8) is 0 Å². The number of hydrogen-bond acceptors (Lipinski definition) is 4. The van der Waals surface area contributed by atoms with E-state index in [2.05, 4.69) is 15.8 Å². The van der Waals surface area contributed by atoms with Gasteiger partial charge in [0, 0.05) is 16.4 Å². The van der Waals surface area contributed by atoms with Crippen LogP contribution in [-0.2, 0) is 4.79 Å². The maximum atomic E-state index is 11.9. The molecule has 2 N–H and O–H groups in total. The summed E-state index contributed by atoms with van der Waals surface area (Å²) in [5, 5.41) is 9.08. The van der Waals surface area contributed by atoms with Gasteiger partial charge in [-0.05, 0) is 43.0 Å². The molecule has 2 aromatic rings. The molecule has 7 heteroatoms. The van der Waals surface area contributed by atoms with Crippen LogP contribution in [0, 0.1) is 6.92 Å². The highest BCUT2D eigenvalue weighted by Crippen LogP contribution is 2.20. The quantitative estimate of drug-likeness (QED) is 0.636. The van der Waals surface area contributed by atoms with Gasteiger partial charge in [0.2, 0.25) is 5.91 Å². The smallest absolute Gasteiger partial charge is 0.281 e. The summed E-state index contributed by atoms with van der Waals surface area (Å²) in [6.07, 6.45) is 0.0796. The molecule has 2 amide bonds. The minimum atomic E-state index is -0.287. The summed E-state index contributed by atoms with van der Waals surface area (Å²) < 4.78 is 0. The van der Waals surface area contributed by atoms with Gasteiger partial charge in [-0.25, -0.2) is 5.43 Å². The van der Waals surface area contributed by atoms with E-state index in [1.165, 1.54) is 11.3 Å². The average Bonchev–Trinajstić information content (AvgIpc) is 3.03. The first-order valence-electron chi connectivity index (χ1n) is 6.88. The summed E-state index contributed by atoms with van der Waals surface area (Å²) >= 11 is 7.34. The van der Waals surface area contributed by atoms with Crippen molar-refractivity contribution in [1.82, 2.24) is 5.43 Å². The zero-order chi connectivity index (χ0) is 16.8. The second-order valence-electron chi connectivity index (χ2n) is 4.95. The number of anilines is 1. The third-order valence-corrected chi connectivity index (χ3v) is 4.24. The van der Waals surface area contributed by atoms with Crippen LogP contribution >= 0.6 is 22.9 Å². The van der Waals surface area contributed by atoms with Crippen LogP contribution in [0.25, 0.3) is 0 Å². The number of hydrazone groups is 1. The third-order valence-electron chi connectivity index (χ3n) is 2.97. The molecule has 0 aliphatic rings. The van der Waals surface area contributed by atoms with E-state index >= 15 is 0 Å². The van der Waals surface area contributed by atoms with E-state index in [0.29, 0.717) is 21.3 Å². The number of hydrogen-bond donors (Lipinski definition) is 2. The highest BCUT2D eigenvalue weighted by Gasteiger charge is 2.08. The molecule has 0 radical (unpaired) electrons. The van der Waals surface area contributed by atoms with Crippen molar-refractivity contribution in [2.24, 2.45) is 5.10 Å². The number of aryl methyl sites for hydroxylation is 1. The Kier molecular flexibility index (Phi) is 5.90. The van der Waals surface area contributed by atoms with Gasteiger partial charge in [0.15, 0.2) is 0 Å². The maximum absolute atomic E-state index is 11.9. The molecular formula is C16H16ClN3O2S. The molecule has 0 atom stereocenters. The Morgan fingerprint density at radius 2 is 2.09 bits per heavy atom. The largest absolute Gasteiger partial charge is 0.326 e. The molecule has 23 heavy (non-hydrogen) atoms. The molecule has 5 nitrogen and oxygen atoms in total. The molecule has 1 aromatic carbocycles. The standard InChI is InChI=1S/C16H16ClN3O2S/c1-10-5-6-12(9-13(10)17)18-15(21)8-11(2)19-20-16(22)14-4-3-7-23-14/h3-7,9H,8H2,1-2H3,(H,18,21)(H,20,22)/b19-11-. The molecule has 120 valence electrons. The number of carbonyl (C=O) groups excluding carboxylic acids is 2. The number of rotatable bonds is 5. The minimum Gasteiger partial charge on any atom is -0.326 e. The van der Waals surface area contributed by atoms with Crippen molar-refractivity contribution in [3.8, 4) is 0 Å². The lowest BCUT2D eigenvalue weighted by atomic mass is 10.2. The van der Waals surface area contributed by atoms with Crippen LogP contribution in [0.3, 0.4) is 0 Å². The van der Waals surface area contributed by atoms with Crippen LogP contribution < -0.4 is 10.7 Å². The van der Waals surface area contributed by atoms with Crippen molar-refractivity contribution in [3.05, 3.63) is 51.2 Å². The van der Waals surface area contributed by atoms with Gasteiger partial charge in [-0.2, -0.15) is 5.10 Å². The predicted molar refractivity (Wildman–Crippen MR) is 94.3 cm³/mol. The molecule has 2 rings (SSSR count). The Morgan fingerprint density at radius 1 is 1.30 bits per heavy atom. The zero-order valence-corrected chi connectivity index (χ0v) is 14.3. The van der Waals surface area contributed by atoms with Crippen molar-refractivity contribution in [2.45, 2.75) is 20.3 Å². The first kappa shape index (κ1) is 17.2. The van der Waals surface area contributed by atoms with E-state index in [9.17, 15) is 9.59 Å². The summed E-state index contributed by atoms with van der Waals surface area (Å²) in [5.74, 6) is -0.512. The van der Waals surface area contributed by atoms with Gasteiger partial charge < -0.3 is 5.32 Å². The fraction of sp³-hybridized carbons (Fsp3) is 0.188. The van der Waals surface area contributed by atoms with Crippen LogP contribution in [-0.4, -0.2) is 17.5 Å². The molecule has 0 fully saturated rings. The highest BCUT2D eigenvalue weighted by atomic mass is 35.5. The molecular weight excluding hydrogens is 334 g/mol. The molecule has 0 saturated heterocycles. The fourth-order valence-electron chi connectivity index (χ4n) is 1.76. The van der Waals surface area contributed by atoms with Gasteiger partial charge in [-0.3, -0.25) is 9.59 Å². The summed E-state index contributed by atoms with van der Waals surface area (Å²) in [4.78, 5) is 24.2. The van der Waals surface area contributed by atoms with E-state index in [1.807, 2.05) is 18.4 Å². The van der Waals surface area contributed by atoms with E-state index in [4.69, 9.17) is 11.6 Å². The lowest BCUT2D eigenvalue weighted by Crippen LogP contribution is -2.20. The molecule has 1 aromatic heterocycles. The Balaban J connectivity index is 1.87. The number of carbonyl (C=O) groups is 2. The molecule has 1 heterocycles. The van der Waals surface area contributed by atoms with E-state index in [-0.39, 0.29) is 18.2 Å². The van der Waals surface area contributed by atoms with Gasteiger partial charge in [0.1, 0.15) is 0 Å². The summed E-state index contributed by atoms with van der Waals surface area (Å²) in [6.45, 7) is 3.57. The minimum absolute atomic E-state index is 0.0796. The van der Waals surface area contributed by atoms with Crippen LogP contribution in [0.2, 0.25) is 5.02 Å². The van der Waals surface area contributed by atoms with Gasteiger partial charge in [-0.15, -0.1) is 11.3 Å². The number of amides is 2. The molecule has 0 aliphatic carbocycles. The summed E-state index contributed by atoms with van der Waals surface area (Å²) in [7, 11) is 0. The van der Waals surface area contributed by atoms with Crippen molar-refractivity contribution in [2.75, 3.05) is 5.32 Å². The van der Waals surface area contributed by atoms with Crippen molar-refractivity contribution in [1.29, 1.82) is 0 Å². The highest BCUT2D eigenvalue weighted by molar-refractivity contribution is 7.12. The van der Waals surface area contributed by atoms with Crippen molar-refractivity contribution < 1.29 is 9.59 Å².